The molecule has 1 N–H and O–H groups in total. The highest BCUT2D eigenvalue weighted by atomic mass is 16.2. The summed E-state index contributed by atoms with van der Waals surface area (Å²) in [5.41, 5.74) is 2.60. The van der Waals surface area contributed by atoms with E-state index in [1.165, 1.54) is 5.56 Å². The fourth-order valence-electron chi connectivity index (χ4n) is 2.72. The topological polar surface area (TPSA) is 58.1 Å². The van der Waals surface area contributed by atoms with Gasteiger partial charge in [-0.3, -0.25) is 4.79 Å². The van der Waals surface area contributed by atoms with Crippen molar-refractivity contribution in [3.63, 3.8) is 0 Å². The van der Waals surface area contributed by atoms with E-state index < -0.39 is 0 Å². The highest BCUT2D eigenvalue weighted by Crippen LogP contribution is 2.27. The van der Waals surface area contributed by atoms with E-state index in [9.17, 15) is 4.79 Å². The second kappa shape index (κ2) is 6.77. The first-order valence-corrected chi connectivity index (χ1v) is 8.11. The lowest BCUT2D eigenvalue weighted by molar-refractivity contribution is 0.0980. The van der Waals surface area contributed by atoms with Crippen LogP contribution in [0.25, 0.3) is 0 Å². The Bertz CT molecular complexity index is 682. The molecule has 120 valence electrons. The van der Waals surface area contributed by atoms with Crippen LogP contribution in [0, 0.1) is 5.92 Å². The smallest absolute Gasteiger partial charge is 0.278 e. The van der Waals surface area contributed by atoms with Crippen molar-refractivity contribution < 1.29 is 4.79 Å². The zero-order valence-electron chi connectivity index (χ0n) is 13.6. The molecule has 0 saturated carbocycles. The third-order valence-electron chi connectivity index (χ3n) is 3.92. The van der Waals surface area contributed by atoms with Crippen molar-refractivity contribution in [1.29, 1.82) is 0 Å². The minimum atomic E-state index is -0.0833. The number of para-hydroxylation sites is 1. The molecule has 1 aromatic heterocycles. The van der Waals surface area contributed by atoms with E-state index in [-0.39, 0.29) is 5.91 Å². The molecule has 5 nitrogen and oxygen atoms in total. The minimum absolute atomic E-state index is 0.0833. The number of anilines is 2. The molecule has 0 unspecified atom stereocenters. The number of carbonyl (C=O) groups is 1. The van der Waals surface area contributed by atoms with Crippen molar-refractivity contribution in [1.82, 2.24) is 9.97 Å². The largest absolute Gasteiger partial charge is 0.369 e. The number of rotatable bonds is 4. The van der Waals surface area contributed by atoms with Crippen LogP contribution < -0.4 is 10.2 Å². The number of hydrogen-bond acceptors (Lipinski definition) is 4. The molecule has 1 aliphatic heterocycles. The fourth-order valence-corrected chi connectivity index (χ4v) is 2.72. The van der Waals surface area contributed by atoms with Gasteiger partial charge in [0.25, 0.3) is 5.91 Å². The summed E-state index contributed by atoms with van der Waals surface area (Å²) in [6, 6.07) is 8.06. The summed E-state index contributed by atoms with van der Waals surface area (Å²) in [5.74, 6) is 1.15. The molecule has 2 aromatic rings. The van der Waals surface area contributed by atoms with E-state index in [1.807, 2.05) is 23.1 Å². The van der Waals surface area contributed by atoms with Gasteiger partial charge in [0.1, 0.15) is 11.5 Å². The summed E-state index contributed by atoms with van der Waals surface area (Å²) in [4.78, 5) is 23.1. The average molecular weight is 310 g/mol. The lowest BCUT2D eigenvalue weighted by Gasteiger charge is -2.29. The van der Waals surface area contributed by atoms with E-state index in [0.29, 0.717) is 17.4 Å². The van der Waals surface area contributed by atoms with Crippen molar-refractivity contribution in [2.24, 2.45) is 5.92 Å². The zero-order chi connectivity index (χ0) is 16.2. The molecule has 0 spiro atoms. The quantitative estimate of drug-likeness (QED) is 0.942. The number of benzene rings is 1. The van der Waals surface area contributed by atoms with Crippen LogP contribution >= 0.6 is 0 Å². The number of carbonyl (C=O) groups excluding carboxylic acids is 1. The third-order valence-corrected chi connectivity index (χ3v) is 3.92. The SMILES string of the molecule is CC(C)CNc1cnc(C(=O)N2CCCc3ccccc32)cn1. The van der Waals surface area contributed by atoms with Crippen LogP contribution in [0.2, 0.25) is 0 Å². The standard InChI is InChI=1S/C18H22N4O/c1-13(2)10-20-17-12-19-15(11-21-17)18(23)22-9-5-7-14-6-3-4-8-16(14)22/h3-4,6,8,11-13H,5,7,9-10H2,1-2H3,(H,20,21). The Kier molecular flexibility index (Phi) is 4.55. The van der Waals surface area contributed by atoms with Crippen LogP contribution in [0.1, 0.15) is 36.3 Å². The molecular formula is C18H22N4O. The molecule has 5 heteroatoms. The highest BCUT2D eigenvalue weighted by molar-refractivity contribution is 6.05. The summed E-state index contributed by atoms with van der Waals surface area (Å²) < 4.78 is 0. The second-order valence-electron chi connectivity index (χ2n) is 6.25. The summed E-state index contributed by atoms with van der Waals surface area (Å²) in [6.07, 6.45) is 5.18. The Morgan fingerprint density at radius 3 is 2.83 bits per heavy atom. The van der Waals surface area contributed by atoms with Gasteiger partial charge in [0.05, 0.1) is 12.4 Å². The number of fused-ring (bicyclic) bond motifs is 1. The second-order valence-corrected chi connectivity index (χ2v) is 6.25. The Labute approximate surface area is 136 Å². The molecule has 0 saturated heterocycles. The van der Waals surface area contributed by atoms with Crippen molar-refractivity contribution in [2.45, 2.75) is 26.7 Å². The molecule has 1 amide bonds. The molecule has 23 heavy (non-hydrogen) atoms. The maximum atomic E-state index is 12.7. The van der Waals surface area contributed by atoms with Gasteiger partial charge in [-0.05, 0) is 30.4 Å². The first kappa shape index (κ1) is 15.5. The highest BCUT2D eigenvalue weighted by Gasteiger charge is 2.24. The van der Waals surface area contributed by atoms with Gasteiger partial charge in [-0.2, -0.15) is 0 Å². The minimum Gasteiger partial charge on any atom is -0.369 e. The van der Waals surface area contributed by atoms with Crippen LogP contribution in [-0.4, -0.2) is 29.0 Å². The number of hydrogen-bond donors (Lipinski definition) is 1. The lowest BCUT2D eigenvalue weighted by atomic mass is 10.0. The van der Waals surface area contributed by atoms with Gasteiger partial charge in [0.15, 0.2) is 0 Å². The number of aromatic nitrogens is 2. The molecule has 0 bridgehead atoms. The Hall–Kier alpha value is -2.43. The van der Waals surface area contributed by atoms with Gasteiger partial charge in [-0.15, -0.1) is 0 Å². The molecule has 0 atom stereocenters. The molecular weight excluding hydrogens is 288 g/mol. The van der Waals surface area contributed by atoms with Crippen LogP contribution in [0.4, 0.5) is 11.5 Å². The van der Waals surface area contributed by atoms with Gasteiger partial charge >= 0.3 is 0 Å². The Morgan fingerprint density at radius 1 is 1.26 bits per heavy atom. The normalized spacial score (nSPS) is 13.8. The summed E-state index contributed by atoms with van der Waals surface area (Å²) in [6.45, 7) is 5.82. The lowest BCUT2D eigenvalue weighted by Crippen LogP contribution is -2.36. The predicted molar refractivity (Wildman–Crippen MR) is 91.8 cm³/mol. The van der Waals surface area contributed by atoms with Gasteiger partial charge < -0.3 is 10.2 Å². The van der Waals surface area contributed by atoms with E-state index in [0.717, 1.165) is 31.6 Å². The van der Waals surface area contributed by atoms with E-state index >= 15 is 0 Å². The van der Waals surface area contributed by atoms with Gasteiger partial charge in [0.2, 0.25) is 0 Å². The van der Waals surface area contributed by atoms with Crippen LogP contribution in [-0.2, 0) is 6.42 Å². The third kappa shape index (κ3) is 3.50. The number of nitrogens with zero attached hydrogens (tertiary/aromatic N) is 3. The summed E-state index contributed by atoms with van der Waals surface area (Å²) in [7, 11) is 0. The van der Waals surface area contributed by atoms with E-state index in [2.05, 4.69) is 35.2 Å². The van der Waals surface area contributed by atoms with E-state index in [4.69, 9.17) is 0 Å². The summed E-state index contributed by atoms with van der Waals surface area (Å²) in [5, 5.41) is 3.21. The maximum Gasteiger partial charge on any atom is 0.278 e. The molecule has 1 aliphatic rings. The molecule has 1 aromatic carbocycles. The van der Waals surface area contributed by atoms with Crippen LogP contribution in [0.5, 0.6) is 0 Å². The van der Waals surface area contributed by atoms with E-state index in [1.54, 1.807) is 12.4 Å². The van der Waals surface area contributed by atoms with Crippen LogP contribution in [0.15, 0.2) is 36.7 Å². The number of aryl methyl sites for hydroxylation is 1. The van der Waals surface area contributed by atoms with Crippen LogP contribution in [0.3, 0.4) is 0 Å². The molecule has 2 heterocycles. The molecule has 3 rings (SSSR count). The number of amides is 1. The van der Waals surface area contributed by atoms with Gasteiger partial charge in [0, 0.05) is 18.8 Å². The molecule has 0 aliphatic carbocycles. The van der Waals surface area contributed by atoms with Gasteiger partial charge in [-0.1, -0.05) is 32.0 Å². The average Bonchev–Trinajstić information content (AvgIpc) is 2.59. The first-order chi connectivity index (χ1) is 11.1. The Balaban J connectivity index is 1.76. The molecule has 0 fully saturated rings. The van der Waals surface area contributed by atoms with Crippen molar-refractivity contribution >= 4 is 17.4 Å². The maximum absolute atomic E-state index is 12.7. The first-order valence-electron chi connectivity index (χ1n) is 8.11. The summed E-state index contributed by atoms with van der Waals surface area (Å²) >= 11 is 0. The van der Waals surface area contributed by atoms with Crippen molar-refractivity contribution in [2.75, 3.05) is 23.3 Å². The Morgan fingerprint density at radius 2 is 2.09 bits per heavy atom. The predicted octanol–water partition coefficient (Wildman–Crippen LogP) is 3.14. The zero-order valence-corrected chi connectivity index (χ0v) is 13.6. The monoisotopic (exact) mass is 310 g/mol. The van der Waals surface area contributed by atoms with Gasteiger partial charge in [-0.25, -0.2) is 9.97 Å². The fraction of sp³-hybridized carbons (Fsp3) is 0.389. The molecule has 0 radical (unpaired) electrons. The number of nitrogens with one attached hydrogen (secondary N) is 1. The van der Waals surface area contributed by atoms with Crippen molar-refractivity contribution in [3.8, 4) is 0 Å². The van der Waals surface area contributed by atoms with Crippen molar-refractivity contribution in [3.05, 3.63) is 47.9 Å².